The number of thiophene rings is 1. The van der Waals surface area contributed by atoms with Crippen LogP contribution in [0.4, 0.5) is 4.79 Å². The highest BCUT2D eigenvalue weighted by Crippen LogP contribution is 2.34. The molecule has 180 valence electrons. The lowest BCUT2D eigenvalue weighted by Crippen LogP contribution is -2.30. The number of carbonyl (C=O) groups excluding carboxylic acids is 1. The van der Waals surface area contributed by atoms with E-state index in [4.69, 9.17) is 55.9 Å². The summed E-state index contributed by atoms with van der Waals surface area (Å²) in [5.41, 5.74) is 3.24. The minimum atomic E-state index is -4.16. The summed E-state index contributed by atoms with van der Waals surface area (Å²) >= 11 is 24.6. The molecule has 1 aromatic carbocycles. The second-order valence-corrected chi connectivity index (χ2v) is 11.8. The standard InChI is InChI=1S/C20H15Cl4N3O5S2/c21-14-2-1-11(15(22)5-14)8-27-18-12(9-31-10-13(18)7-25-27)3-4-32-20(28)26-34(29,30)17-6-16(23)19(24)33-17/h1-3,5-7H,4,8-10H2,(H,26,28)/b12-3+. The molecule has 1 aliphatic rings. The van der Waals surface area contributed by atoms with Gasteiger partial charge in [-0.05, 0) is 29.8 Å². The van der Waals surface area contributed by atoms with Gasteiger partial charge in [0, 0.05) is 21.2 Å². The first-order valence-electron chi connectivity index (χ1n) is 9.54. The third-order valence-electron chi connectivity index (χ3n) is 4.72. The second kappa shape index (κ2) is 10.4. The number of ether oxygens (including phenoxy) is 2. The van der Waals surface area contributed by atoms with Crippen LogP contribution in [0.25, 0.3) is 5.57 Å². The number of aromatic nitrogens is 2. The number of sulfonamides is 1. The Labute approximate surface area is 219 Å². The Morgan fingerprint density at radius 2 is 2.00 bits per heavy atom. The average molecular weight is 583 g/mol. The molecule has 3 heterocycles. The minimum absolute atomic E-state index is 0.0785. The average Bonchev–Trinajstić information content (AvgIpc) is 3.34. The summed E-state index contributed by atoms with van der Waals surface area (Å²) in [6.45, 7) is 0.849. The normalized spacial score (nSPS) is 14.8. The number of nitrogens with zero attached hydrogens (tertiary/aromatic N) is 2. The zero-order valence-corrected chi connectivity index (χ0v) is 21.7. The van der Waals surface area contributed by atoms with Crippen molar-refractivity contribution in [2.45, 2.75) is 17.4 Å². The molecule has 1 N–H and O–H groups in total. The fourth-order valence-electron chi connectivity index (χ4n) is 3.19. The number of nitrogens with one attached hydrogen (secondary N) is 1. The largest absolute Gasteiger partial charge is 0.445 e. The Bertz CT molecular complexity index is 1370. The van der Waals surface area contributed by atoms with E-state index in [0.29, 0.717) is 23.2 Å². The molecule has 0 bridgehead atoms. The van der Waals surface area contributed by atoms with Crippen molar-refractivity contribution in [2.24, 2.45) is 0 Å². The van der Waals surface area contributed by atoms with Gasteiger partial charge in [-0.2, -0.15) is 5.10 Å². The van der Waals surface area contributed by atoms with Crippen LogP contribution in [0.2, 0.25) is 19.4 Å². The lowest BCUT2D eigenvalue weighted by Gasteiger charge is -2.19. The van der Waals surface area contributed by atoms with Crippen LogP contribution in [-0.4, -0.2) is 37.5 Å². The van der Waals surface area contributed by atoms with Gasteiger partial charge in [-0.3, -0.25) is 4.68 Å². The van der Waals surface area contributed by atoms with Crippen LogP contribution >= 0.6 is 57.7 Å². The van der Waals surface area contributed by atoms with Crippen molar-refractivity contribution >= 4 is 79.4 Å². The molecule has 0 aliphatic carbocycles. The SMILES string of the molecule is O=C(NS(=O)(=O)c1cc(Cl)c(Cl)s1)OC/C=C1\COCc2cnn(Cc3ccc(Cl)cc3Cl)c21. The van der Waals surface area contributed by atoms with Crippen LogP contribution in [0.3, 0.4) is 0 Å². The van der Waals surface area contributed by atoms with Gasteiger partial charge in [0.05, 0.1) is 36.7 Å². The lowest BCUT2D eigenvalue weighted by atomic mass is 10.1. The third kappa shape index (κ3) is 5.71. The molecule has 0 saturated carbocycles. The minimum Gasteiger partial charge on any atom is -0.445 e. The molecule has 1 amide bonds. The Morgan fingerprint density at radius 1 is 1.21 bits per heavy atom. The Kier molecular flexibility index (Phi) is 7.78. The fourth-order valence-corrected chi connectivity index (χ4v) is 6.43. The molecule has 0 saturated heterocycles. The zero-order valence-electron chi connectivity index (χ0n) is 17.1. The number of rotatable bonds is 6. The van der Waals surface area contributed by atoms with E-state index in [9.17, 15) is 13.2 Å². The molecule has 34 heavy (non-hydrogen) atoms. The van der Waals surface area contributed by atoms with Crippen LogP contribution in [0.5, 0.6) is 0 Å². The topological polar surface area (TPSA) is 99.5 Å². The Balaban J connectivity index is 1.45. The Hall–Kier alpha value is -1.79. The van der Waals surface area contributed by atoms with Crippen LogP contribution < -0.4 is 4.72 Å². The lowest BCUT2D eigenvalue weighted by molar-refractivity contribution is 0.144. The number of hydrogen-bond donors (Lipinski definition) is 1. The molecule has 8 nitrogen and oxygen atoms in total. The monoisotopic (exact) mass is 581 g/mol. The van der Waals surface area contributed by atoms with Gasteiger partial charge in [-0.25, -0.2) is 17.9 Å². The zero-order chi connectivity index (χ0) is 24.5. The second-order valence-electron chi connectivity index (χ2n) is 7.02. The van der Waals surface area contributed by atoms with Crippen LogP contribution in [-0.2, 0) is 32.6 Å². The molecule has 0 spiro atoms. The first-order valence-corrected chi connectivity index (χ1v) is 13.4. The first kappa shape index (κ1) is 25.3. The highest BCUT2D eigenvalue weighted by molar-refractivity contribution is 7.92. The molecule has 1 aliphatic heterocycles. The summed E-state index contributed by atoms with van der Waals surface area (Å²) in [4.78, 5) is 12.1. The molecule has 0 radical (unpaired) electrons. The maximum Gasteiger partial charge on any atom is 0.421 e. The molecule has 2 aromatic heterocycles. The van der Waals surface area contributed by atoms with Crippen LogP contribution in [0, 0.1) is 0 Å². The van der Waals surface area contributed by atoms with E-state index in [1.54, 1.807) is 29.1 Å². The summed E-state index contributed by atoms with van der Waals surface area (Å²) in [7, 11) is -4.16. The first-order chi connectivity index (χ1) is 16.1. The van der Waals surface area contributed by atoms with Gasteiger partial charge in [-0.15, -0.1) is 11.3 Å². The van der Waals surface area contributed by atoms with Crippen molar-refractivity contribution in [1.29, 1.82) is 0 Å². The third-order valence-corrected chi connectivity index (χ3v) is 8.96. The van der Waals surface area contributed by atoms with Gasteiger partial charge in [-0.1, -0.05) is 52.5 Å². The summed E-state index contributed by atoms with van der Waals surface area (Å²) in [5.74, 6) is 0. The highest BCUT2D eigenvalue weighted by atomic mass is 35.5. The van der Waals surface area contributed by atoms with E-state index in [1.807, 2.05) is 10.8 Å². The van der Waals surface area contributed by atoms with Gasteiger partial charge in [0.2, 0.25) is 0 Å². The van der Waals surface area contributed by atoms with E-state index in [1.165, 1.54) is 0 Å². The highest BCUT2D eigenvalue weighted by Gasteiger charge is 2.23. The van der Waals surface area contributed by atoms with Crippen molar-refractivity contribution in [1.82, 2.24) is 14.5 Å². The number of hydrogen-bond acceptors (Lipinski definition) is 7. The summed E-state index contributed by atoms with van der Waals surface area (Å²) in [5, 5.41) is 5.56. The maximum absolute atomic E-state index is 12.3. The molecule has 0 atom stereocenters. The number of amides is 1. The number of benzene rings is 1. The smallest absolute Gasteiger partial charge is 0.421 e. The number of halogens is 4. The van der Waals surface area contributed by atoms with Crippen molar-refractivity contribution in [3.05, 3.63) is 72.8 Å². The fraction of sp³-hybridized carbons (Fsp3) is 0.200. The van der Waals surface area contributed by atoms with Crippen molar-refractivity contribution in [3.63, 3.8) is 0 Å². The van der Waals surface area contributed by atoms with Crippen LogP contribution in [0.1, 0.15) is 16.8 Å². The summed E-state index contributed by atoms with van der Waals surface area (Å²) in [6, 6.07) is 6.38. The molecule has 3 aromatic rings. The van der Waals surface area contributed by atoms with Crippen LogP contribution in [0.15, 0.2) is 40.7 Å². The molecule has 14 heteroatoms. The Morgan fingerprint density at radius 3 is 2.71 bits per heavy atom. The van der Waals surface area contributed by atoms with Gasteiger partial charge in [0.15, 0.2) is 0 Å². The molecular weight excluding hydrogens is 568 g/mol. The molecular formula is C20H15Cl4N3O5S2. The van der Waals surface area contributed by atoms with Gasteiger partial charge in [0.1, 0.15) is 15.2 Å². The van der Waals surface area contributed by atoms with E-state index in [-0.39, 0.29) is 26.8 Å². The van der Waals surface area contributed by atoms with Crippen molar-refractivity contribution < 1.29 is 22.7 Å². The number of carbonyl (C=O) groups is 1. The van der Waals surface area contributed by atoms with Gasteiger partial charge in [0.25, 0.3) is 10.0 Å². The maximum atomic E-state index is 12.3. The summed E-state index contributed by atoms with van der Waals surface area (Å²) in [6.07, 6.45) is 2.18. The number of fused-ring (bicyclic) bond motifs is 1. The predicted molar refractivity (Wildman–Crippen MR) is 131 cm³/mol. The van der Waals surface area contributed by atoms with E-state index in [0.717, 1.165) is 39.8 Å². The predicted octanol–water partition coefficient (Wildman–Crippen LogP) is 5.64. The van der Waals surface area contributed by atoms with Gasteiger partial charge < -0.3 is 9.47 Å². The molecule has 0 fully saturated rings. The van der Waals surface area contributed by atoms with Crippen molar-refractivity contribution in [2.75, 3.05) is 13.2 Å². The van der Waals surface area contributed by atoms with E-state index in [2.05, 4.69) is 5.10 Å². The van der Waals surface area contributed by atoms with Gasteiger partial charge >= 0.3 is 6.09 Å². The molecule has 4 rings (SSSR count). The molecule has 0 unspecified atom stereocenters. The van der Waals surface area contributed by atoms with E-state index < -0.39 is 16.1 Å². The quantitative estimate of drug-likeness (QED) is 0.404. The van der Waals surface area contributed by atoms with E-state index >= 15 is 0 Å². The summed E-state index contributed by atoms with van der Waals surface area (Å²) < 4.78 is 38.7. The van der Waals surface area contributed by atoms with Crippen molar-refractivity contribution in [3.8, 4) is 0 Å².